The van der Waals surface area contributed by atoms with Crippen molar-refractivity contribution in [3.05, 3.63) is 160 Å². The first-order valence-corrected chi connectivity index (χ1v) is 17.3. The molecule has 1 aliphatic carbocycles. The molecule has 0 unspecified atom stereocenters. The minimum atomic E-state index is -4.48. The summed E-state index contributed by atoms with van der Waals surface area (Å²) < 4.78 is 76.7. The van der Waals surface area contributed by atoms with E-state index in [0.29, 0.717) is 38.3 Å². The number of hydrogen-bond donors (Lipinski definition) is 0. The van der Waals surface area contributed by atoms with Gasteiger partial charge in [-0.05, 0) is 28.4 Å². The molecule has 5 aromatic carbocycles. The molecule has 0 amide bonds. The topological polar surface area (TPSA) is 0 Å². The number of alkyl halides is 6. The van der Waals surface area contributed by atoms with Gasteiger partial charge in [-0.1, -0.05) is 65.3 Å². The Kier molecular flexibility index (Phi) is 14.8. The molecule has 0 saturated heterocycles. The molecular formula is C41H38Cl2F6Hf-2. The number of hydrogen-bond acceptors (Lipinski definition) is 0. The van der Waals surface area contributed by atoms with Crippen molar-refractivity contribution in [3.8, 4) is 11.1 Å². The van der Waals surface area contributed by atoms with Crippen LogP contribution in [0.5, 0.6) is 0 Å². The van der Waals surface area contributed by atoms with Crippen LogP contribution in [-0.4, -0.2) is 3.26 Å². The maximum Gasteiger partial charge on any atom is -0.172 e. The molecular weight excluding hydrogens is 856 g/mol. The standard InChI is InChI=1S/C21H25.C15H8F6.C5H5.2ClH.Hf/c1-20(2,3)16-7-9-18-14(12-16)11-15-13-17(21(4,5)6)8-10-19(15)18;16-14(17,18)12-5-1-3-10(8-12)7-11-4-2-6-13(9-11)15(19,20)21;1-2-4-5-3-1;;;/h7-10,12H,11H2,1-6H3;1-6,8-9H;1-5H;2*1H;/q-1;;-1;;;+2/p-2. The summed E-state index contributed by atoms with van der Waals surface area (Å²) in [6.07, 6.45) is -7.93. The van der Waals surface area contributed by atoms with Gasteiger partial charge in [-0.15, -0.1) is 11.1 Å². The Labute approximate surface area is 318 Å². The third-order valence-electron chi connectivity index (χ3n) is 7.98. The second-order valence-corrected chi connectivity index (χ2v) is 15.6. The Balaban J connectivity index is 0.000000293. The van der Waals surface area contributed by atoms with Crippen molar-refractivity contribution >= 4 is 3.26 Å². The first-order chi connectivity index (χ1) is 22.2. The molecule has 50 heavy (non-hydrogen) atoms. The molecule has 0 saturated carbocycles. The van der Waals surface area contributed by atoms with Gasteiger partial charge in [0.05, 0.1) is 0 Å². The van der Waals surface area contributed by atoms with Crippen LogP contribution in [0.15, 0.2) is 109 Å². The van der Waals surface area contributed by atoms with Crippen molar-refractivity contribution in [1.82, 2.24) is 0 Å². The fraction of sp³-hybridized carbons (Fsp3) is 0.268. The van der Waals surface area contributed by atoms with E-state index in [4.69, 9.17) is 0 Å². The summed E-state index contributed by atoms with van der Waals surface area (Å²) in [7, 11) is 0. The van der Waals surface area contributed by atoms with Gasteiger partial charge in [0.2, 0.25) is 0 Å². The minimum Gasteiger partial charge on any atom is -1.00 e. The fourth-order valence-electron chi connectivity index (χ4n) is 5.22. The van der Waals surface area contributed by atoms with E-state index >= 15 is 0 Å². The van der Waals surface area contributed by atoms with Gasteiger partial charge in [0, 0.05) is 0 Å². The van der Waals surface area contributed by atoms with Crippen LogP contribution in [0, 0.1) is 6.07 Å². The largest absolute Gasteiger partial charge is 1.00 e. The Hall–Kier alpha value is -2.87. The first kappa shape index (κ1) is 43.3. The van der Waals surface area contributed by atoms with Gasteiger partial charge in [0.1, 0.15) is 0 Å². The van der Waals surface area contributed by atoms with Crippen LogP contribution < -0.4 is 24.8 Å². The van der Waals surface area contributed by atoms with Gasteiger partial charge in [-0.2, -0.15) is 42.0 Å². The zero-order valence-electron chi connectivity index (χ0n) is 28.6. The average molecular weight is 894 g/mol. The van der Waals surface area contributed by atoms with Gasteiger partial charge in [-0.25, -0.2) is 12.1 Å². The monoisotopic (exact) mass is 894 g/mol. The van der Waals surface area contributed by atoms with Gasteiger partial charge >= 0.3 is 137 Å². The summed E-state index contributed by atoms with van der Waals surface area (Å²) in [5, 5.41) is 0. The van der Waals surface area contributed by atoms with Gasteiger partial charge in [0.15, 0.2) is 0 Å². The summed E-state index contributed by atoms with van der Waals surface area (Å²) in [6.45, 7) is 13.6. The van der Waals surface area contributed by atoms with Crippen molar-refractivity contribution in [2.45, 2.75) is 71.1 Å². The molecule has 0 aromatic heterocycles. The molecule has 0 bridgehead atoms. The normalized spacial score (nSPS) is 12.1. The zero-order valence-corrected chi connectivity index (χ0v) is 33.7. The zero-order chi connectivity index (χ0) is 35.5. The molecule has 0 nitrogen and oxygen atoms in total. The van der Waals surface area contributed by atoms with Crippen LogP contribution >= 0.6 is 0 Å². The Morgan fingerprint density at radius 3 is 1.52 bits per heavy atom. The predicted molar refractivity (Wildman–Crippen MR) is 179 cm³/mol. The van der Waals surface area contributed by atoms with Gasteiger partial charge in [-0.3, -0.25) is 0 Å². The number of benzene rings is 4. The van der Waals surface area contributed by atoms with Crippen molar-refractivity contribution in [1.29, 1.82) is 0 Å². The van der Waals surface area contributed by atoms with E-state index in [9.17, 15) is 26.3 Å². The molecule has 9 heteroatoms. The smallest absolute Gasteiger partial charge is 0.172 e. The third kappa shape index (κ3) is 11.3. The van der Waals surface area contributed by atoms with Crippen LogP contribution in [0.1, 0.15) is 86.1 Å². The molecule has 264 valence electrons. The molecule has 0 N–H and O–H groups in total. The molecule has 1 aliphatic rings. The van der Waals surface area contributed by atoms with Crippen LogP contribution in [0.4, 0.5) is 26.3 Å². The fourth-order valence-corrected chi connectivity index (χ4v) is 6.33. The maximum absolute atomic E-state index is 12.7. The Bertz CT molecular complexity index is 1720. The summed E-state index contributed by atoms with van der Waals surface area (Å²) in [5.41, 5.74) is 7.66. The van der Waals surface area contributed by atoms with E-state index in [1.54, 1.807) is 0 Å². The van der Waals surface area contributed by atoms with Gasteiger partial charge in [0.25, 0.3) is 0 Å². The third-order valence-corrected chi connectivity index (χ3v) is 10.1. The van der Waals surface area contributed by atoms with Crippen molar-refractivity contribution in [3.63, 3.8) is 0 Å². The minimum absolute atomic E-state index is 0. The van der Waals surface area contributed by atoms with Crippen LogP contribution in [0.2, 0.25) is 0 Å². The summed E-state index contributed by atoms with van der Waals surface area (Å²) in [6, 6.07) is 34.4. The number of rotatable bonds is 2. The first-order valence-electron chi connectivity index (χ1n) is 15.5. The predicted octanol–water partition coefficient (Wildman–Crippen LogP) is 5.91. The molecule has 5 aromatic rings. The van der Waals surface area contributed by atoms with E-state index in [-0.39, 0.29) is 35.6 Å². The maximum atomic E-state index is 12.7. The van der Waals surface area contributed by atoms with Crippen molar-refractivity contribution in [2.24, 2.45) is 0 Å². The van der Waals surface area contributed by atoms with Crippen LogP contribution in [-0.2, 0) is 53.5 Å². The number of fused-ring (bicyclic) bond motifs is 3. The molecule has 0 aliphatic heterocycles. The summed E-state index contributed by atoms with van der Waals surface area (Å²) in [5.74, 6) is 0. The van der Waals surface area contributed by atoms with Gasteiger partial charge < -0.3 is 24.8 Å². The molecule has 0 atom stereocenters. The van der Waals surface area contributed by atoms with E-state index in [2.05, 4.69) is 77.9 Å². The molecule has 0 heterocycles. The van der Waals surface area contributed by atoms with E-state index in [1.807, 2.05) is 30.3 Å². The number of halogens is 8. The second-order valence-electron chi connectivity index (χ2n) is 13.8. The van der Waals surface area contributed by atoms with E-state index in [0.717, 1.165) is 30.7 Å². The molecule has 6 rings (SSSR count). The second kappa shape index (κ2) is 17.1. The van der Waals surface area contributed by atoms with Crippen molar-refractivity contribution in [2.75, 3.05) is 0 Å². The average Bonchev–Trinajstić information content (AvgIpc) is 3.71. The molecule has 0 fully saturated rings. The quantitative estimate of drug-likeness (QED) is 0.116. The van der Waals surface area contributed by atoms with E-state index < -0.39 is 23.5 Å². The summed E-state index contributed by atoms with van der Waals surface area (Å²) in [4.78, 5) is 0. The van der Waals surface area contributed by atoms with Crippen molar-refractivity contribution < 1.29 is 75.0 Å². The van der Waals surface area contributed by atoms with Crippen LogP contribution in [0.3, 0.4) is 0 Å². The Morgan fingerprint density at radius 2 is 1.10 bits per heavy atom. The molecule has 0 radical (unpaired) electrons. The molecule has 0 spiro atoms. The Morgan fingerprint density at radius 1 is 0.600 bits per heavy atom. The van der Waals surface area contributed by atoms with Crippen LogP contribution in [0.25, 0.3) is 11.1 Å². The SMILES string of the molecule is CC(C)(C)c1[c-]c2c(cc1)-c1ccc(C(C)(C)C)cc1C2.FC(F)(F)c1cccc([C](=[Hf+2])c2cccc(C(F)(F)F)c2)c1.[Cl-].[Cl-].c1cc[cH-]c1. The summed E-state index contributed by atoms with van der Waals surface area (Å²) >= 11 is 0.316. The van der Waals surface area contributed by atoms with E-state index in [1.165, 1.54) is 57.6 Å².